The van der Waals surface area contributed by atoms with Gasteiger partial charge >= 0.3 is 0 Å². The smallest absolute Gasteiger partial charge is 0.0171 e. The summed E-state index contributed by atoms with van der Waals surface area (Å²) in [7, 11) is 0. The molecule has 17 aliphatic carbocycles. The molecule has 2 aromatic carbocycles. The first-order valence-electron chi connectivity index (χ1n) is 20.2. The number of hydrogen-bond donors (Lipinski definition) is 0. The Balaban J connectivity index is 1.17. The van der Waals surface area contributed by atoms with Gasteiger partial charge < -0.3 is 0 Å². The molecule has 4 saturated carbocycles. The van der Waals surface area contributed by atoms with Crippen molar-refractivity contribution in [2.75, 3.05) is 0 Å². The molecule has 4 fully saturated rings. The molecule has 0 amide bonds. The van der Waals surface area contributed by atoms with Crippen molar-refractivity contribution < 1.29 is 0 Å². The molecule has 11 atom stereocenters. The van der Waals surface area contributed by atoms with Gasteiger partial charge in [-0.1, -0.05) is 65.3 Å². The first-order valence-corrected chi connectivity index (χ1v) is 20.2. The Hall–Kier alpha value is -3.90. The molecule has 0 heteroatoms. The van der Waals surface area contributed by atoms with Gasteiger partial charge in [0.1, 0.15) is 0 Å². The zero-order chi connectivity index (χ0) is 30.3. The van der Waals surface area contributed by atoms with Crippen molar-refractivity contribution in [2.24, 2.45) is 46.8 Å². The fourth-order valence-corrected chi connectivity index (χ4v) is 18.6. The molecule has 19 rings (SSSR count). The summed E-state index contributed by atoms with van der Waals surface area (Å²) in [6.07, 6.45) is 21.7. The third-order valence-corrected chi connectivity index (χ3v) is 19.0. The lowest BCUT2D eigenvalue weighted by Crippen LogP contribution is -2.48. The molecule has 230 valence electrons. The SMILES string of the molecule is C1=C2C3=CC=C4C5C6=C7C8=C(C2C2C(=C1)C1CCC9=C%10c%11c(c7c7c%12c%11=C9CCC=%12CCCC4C64C7[C@@H]6C[C@H]4c4ccccc46)C8=C2C%101)C35. The van der Waals surface area contributed by atoms with E-state index in [1.807, 2.05) is 99.6 Å². The molecule has 9 unspecified atom stereocenters. The molecule has 0 N–H and O–H groups in total. The number of fused-ring (bicyclic) bond motifs is 4. The van der Waals surface area contributed by atoms with Gasteiger partial charge in [-0.3, -0.25) is 0 Å². The normalized spacial score (nSPS) is 45.1. The van der Waals surface area contributed by atoms with Crippen LogP contribution < -0.4 is 10.4 Å². The summed E-state index contributed by atoms with van der Waals surface area (Å²) >= 11 is 0. The van der Waals surface area contributed by atoms with Crippen LogP contribution in [-0.4, -0.2) is 0 Å². The Morgan fingerprint density at radius 2 is 1.45 bits per heavy atom. The van der Waals surface area contributed by atoms with Crippen molar-refractivity contribution in [3.05, 3.63) is 143 Å². The van der Waals surface area contributed by atoms with E-state index in [1.54, 1.807) is 22.3 Å². The van der Waals surface area contributed by atoms with Gasteiger partial charge in [0.2, 0.25) is 0 Å². The van der Waals surface area contributed by atoms with Crippen LogP contribution >= 0.6 is 0 Å². The van der Waals surface area contributed by atoms with Crippen molar-refractivity contribution in [3.63, 3.8) is 0 Å². The second kappa shape index (κ2) is 6.29. The van der Waals surface area contributed by atoms with Gasteiger partial charge in [-0.05, 0) is 180 Å². The molecule has 0 saturated heterocycles. The zero-order valence-electron chi connectivity index (χ0n) is 27.5. The summed E-state index contributed by atoms with van der Waals surface area (Å²) in [6, 6.07) is 9.95. The summed E-state index contributed by atoms with van der Waals surface area (Å²) in [6.45, 7) is 0. The minimum absolute atomic E-state index is 0.262. The number of hydrogen-bond acceptors (Lipinski definition) is 0. The van der Waals surface area contributed by atoms with Crippen LogP contribution in [0.1, 0.15) is 103 Å². The van der Waals surface area contributed by atoms with Crippen molar-refractivity contribution in [1.82, 2.24) is 0 Å². The Labute approximate surface area is 285 Å². The standard InChI is InChI=1S/C49H34/c1-2-6-19-18(5-1)27-16-29(19)49-28-7-3-4-17-8-9-20-21-10-11-22-23-12-13-24-25-14-15-26(28)37-36(25)40-35(24)34(23)39-33(22)32(21)38-31(20)30(17)45(47(27)49)44-42(38)41(39)43(40)46(44)48(37)49/h1-2,5-6,12-15,22,27-29,33-37,47H,3-4,7-11,16H2/t22?,27-,28?,29+,33?,34?,35?,36?,37?,47?,49?/m1/s1. The number of benzene rings is 2. The van der Waals surface area contributed by atoms with Crippen LogP contribution in [-0.2, 0) is 0 Å². The lowest BCUT2D eigenvalue weighted by Gasteiger charge is -2.52. The van der Waals surface area contributed by atoms with Crippen LogP contribution in [0.15, 0.2) is 98.7 Å². The Morgan fingerprint density at radius 3 is 2.39 bits per heavy atom. The van der Waals surface area contributed by atoms with E-state index in [0.29, 0.717) is 53.3 Å². The quantitative estimate of drug-likeness (QED) is 0.275. The maximum absolute atomic E-state index is 2.77. The van der Waals surface area contributed by atoms with Gasteiger partial charge in [-0.2, -0.15) is 0 Å². The fraction of sp³-hybridized carbons (Fsp3) is 0.388. The zero-order valence-corrected chi connectivity index (χ0v) is 27.5. The van der Waals surface area contributed by atoms with E-state index in [2.05, 4.69) is 48.6 Å². The first kappa shape index (κ1) is 22.7. The van der Waals surface area contributed by atoms with E-state index in [4.69, 9.17) is 0 Å². The van der Waals surface area contributed by atoms with Crippen LogP contribution in [0, 0.1) is 46.8 Å². The fourth-order valence-electron chi connectivity index (χ4n) is 18.6. The van der Waals surface area contributed by atoms with E-state index >= 15 is 0 Å². The molecule has 0 aromatic heterocycles. The molecule has 0 heterocycles. The van der Waals surface area contributed by atoms with Crippen LogP contribution in [0.3, 0.4) is 0 Å². The maximum atomic E-state index is 2.77. The molecular formula is C49H34. The third kappa shape index (κ3) is 1.72. The summed E-state index contributed by atoms with van der Waals surface area (Å²) in [4.78, 5) is 0. The Morgan fingerprint density at radius 1 is 0.592 bits per heavy atom. The molecule has 1 spiro atoms. The minimum atomic E-state index is 0.262. The van der Waals surface area contributed by atoms with Gasteiger partial charge in [-0.25, -0.2) is 0 Å². The van der Waals surface area contributed by atoms with Crippen molar-refractivity contribution >= 4 is 27.9 Å². The summed E-state index contributed by atoms with van der Waals surface area (Å²) < 4.78 is 0. The molecule has 17 aliphatic rings. The third-order valence-electron chi connectivity index (χ3n) is 19.0. The van der Waals surface area contributed by atoms with Gasteiger partial charge in [0.05, 0.1) is 0 Å². The van der Waals surface area contributed by atoms with Gasteiger partial charge in [0.25, 0.3) is 0 Å². The summed E-state index contributed by atoms with van der Waals surface area (Å²) in [5.41, 5.74) is 37.3. The Bertz CT molecular complexity index is 2820. The second-order valence-corrected chi connectivity index (χ2v) is 19.2. The van der Waals surface area contributed by atoms with Crippen molar-refractivity contribution in [3.8, 4) is 0 Å². The monoisotopic (exact) mass is 622 g/mol. The summed E-state index contributed by atoms with van der Waals surface area (Å²) in [5.74, 6) is 6.54. The maximum Gasteiger partial charge on any atom is 0.0171 e. The topological polar surface area (TPSA) is 0 Å². The highest BCUT2D eigenvalue weighted by Crippen LogP contribution is 2.88. The molecule has 0 aliphatic heterocycles. The van der Waals surface area contributed by atoms with E-state index < -0.39 is 0 Å². The summed E-state index contributed by atoms with van der Waals surface area (Å²) in [5, 5.41) is 3.69. The largest absolute Gasteiger partial charge is 0.0620 e. The number of allylic oxidation sites excluding steroid dienone is 16. The van der Waals surface area contributed by atoms with Gasteiger partial charge in [0, 0.05) is 40.9 Å². The van der Waals surface area contributed by atoms with Gasteiger partial charge in [0.15, 0.2) is 0 Å². The van der Waals surface area contributed by atoms with Crippen LogP contribution in [0.25, 0.3) is 27.9 Å². The van der Waals surface area contributed by atoms with Crippen LogP contribution in [0.4, 0.5) is 0 Å². The minimum Gasteiger partial charge on any atom is -0.0620 e. The molecule has 0 nitrogen and oxygen atoms in total. The predicted octanol–water partition coefficient (Wildman–Crippen LogP) is 8.84. The van der Waals surface area contributed by atoms with Crippen molar-refractivity contribution in [1.29, 1.82) is 0 Å². The van der Waals surface area contributed by atoms with E-state index in [-0.39, 0.29) is 5.41 Å². The first-order chi connectivity index (χ1) is 24.4. The number of rotatable bonds is 0. The lowest BCUT2D eigenvalue weighted by atomic mass is 9.50. The van der Waals surface area contributed by atoms with Gasteiger partial charge in [-0.15, -0.1) is 0 Å². The Kier molecular flexibility index (Phi) is 2.92. The highest BCUT2D eigenvalue weighted by molar-refractivity contribution is 6.20. The molecule has 0 radical (unpaired) electrons. The molecule has 49 heavy (non-hydrogen) atoms. The van der Waals surface area contributed by atoms with E-state index in [0.717, 1.165) is 5.92 Å². The predicted molar refractivity (Wildman–Crippen MR) is 191 cm³/mol. The van der Waals surface area contributed by atoms with Crippen LogP contribution in [0.5, 0.6) is 0 Å². The molecule has 2 aromatic rings. The second-order valence-electron chi connectivity index (χ2n) is 19.2. The average molecular weight is 623 g/mol. The van der Waals surface area contributed by atoms with Crippen LogP contribution in [0.2, 0.25) is 0 Å². The highest BCUT2D eigenvalue weighted by Gasteiger charge is 2.77. The molecular weight excluding hydrogens is 589 g/mol. The highest BCUT2D eigenvalue weighted by atomic mass is 14.8. The lowest BCUT2D eigenvalue weighted by molar-refractivity contribution is 0.189. The van der Waals surface area contributed by atoms with E-state index in [1.165, 1.54) is 51.4 Å². The van der Waals surface area contributed by atoms with Crippen molar-refractivity contribution in [2.45, 2.75) is 69.1 Å². The molecule has 4 bridgehead atoms. The average Bonchev–Trinajstić information content (AvgIpc) is 3.98. The van der Waals surface area contributed by atoms with E-state index in [9.17, 15) is 0 Å².